The van der Waals surface area contributed by atoms with Crippen LogP contribution in [0.5, 0.6) is 0 Å². The summed E-state index contributed by atoms with van der Waals surface area (Å²) in [4.78, 5) is 37.3. The molecular weight excluding hydrogens is 737 g/mol. The van der Waals surface area contributed by atoms with Crippen molar-refractivity contribution >= 4 is 18.3 Å². The monoisotopic (exact) mass is 779 g/mol. The molecule has 10 heteroatoms. The quantitative estimate of drug-likeness (QED) is 0.148. The zero-order chi connectivity index (χ0) is 38.4. The smallest absolute Gasteiger partial charge is 0.530 e. The Morgan fingerprint density at radius 1 is 0.291 bits per heavy atom. The molecule has 0 aliphatic rings. The zero-order valence-electron chi connectivity index (χ0n) is 30.2. The molecule has 3 amide bonds. The average Bonchev–Trinajstić information content (AvgIpc) is 3.20. The maximum Gasteiger partial charge on any atom is 3.00 e. The van der Waals surface area contributed by atoms with E-state index in [4.69, 9.17) is 0 Å². The van der Waals surface area contributed by atoms with Crippen LogP contribution in [0.4, 0.5) is 14.4 Å². The van der Waals surface area contributed by atoms with E-state index in [0.29, 0.717) is 39.3 Å². The standard InChI is InChI=1S/3C15H15NO2.Co/c3*17-15(18)16(11-13-7-3-1-4-8-13)12-14-9-5-2-6-10-14;/h3*1-10H,11-12H2,(H,17,18);/q;;;+3/p-3. The first-order valence-corrected chi connectivity index (χ1v) is 17.4. The predicted molar refractivity (Wildman–Crippen MR) is 203 cm³/mol. The normalized spacial score (nSPS) is 9.82. The average molecular weight is 780 g/mol. The Bertz CT molecular complexity index is 1600. The van der Waals surface area contributed by atoms with Crippen molar-refractivity contribution in [1.29, 1.82) is 0 Å². The summed E-state index contributed by atoms with van der Waals surface area (Å²) in [5, 5.41) is 33.4. The second-order valence-electron chi connectivity index (χ2n) is 12.3. The summed E-state index contributed by atoms with van der Waals surface area (Å²) >= 11 is 0. The number of rotatable bonds is 12. The molecule has 6 rings (SSSR count). The van der Waals surface area contributed by atoms with E-state index < -0.39 is 18.3 Å². The number of carbonyl (C=O) groups excluding carboxylic acids is 3. The second kappa shape index (κ2) is 24.0. The van der Waals surface area contributed by atoms with Gasteiger partial charge in [-0.2, -0.15) is 0 Å². The van der Waals surface area contributed by atoms with Crippen LogP contribution < -0.4 is 15.3 Å². The van der Waals surface area contributed by atoms with Crippen LogP contribution in [0.2, 0.25) is 0 Å². The van der Waals surface area contributed by atoms with Crippen molar-refractivity contribution < 1.29 is 46.5 Å². The number of carboxylic acid groups (broad SMARTS) is 3. The van der Waals surface area contributed by atoms with Gasteiger partial charge >= 0.3 is 16.8 Å². The van der Waals surface area contributed by atoms with Crippen LogP contribution in [0.3, 0.4) is 0 Å². The Morgan fingerprint density at radius 2 is 0.418 bits per heavy atom. The minimum Gasteiger partial charge on any atom is -0.530 e. The molecule has 6 aromatic carbocycles. The van der Waals surface area contributed by atoms with Gasteiger partial charge in [0.1, 0.15) is 18.3 Å². The van der Waals surface area contributed by atoms with Crippen LogP contribution in [0.25, 0.3) is 0 Å². The van der Waals surface area contributed by atoms with E-state index in [9.17, 15) is 29.7 Å². The first kappa shape index (κ1) is 43.0. The van der Waals surface area contributed by atoms with Gasteiger partial charge in [-0.25, -0.2) is 0 Å². The summed E-state index contributed by atoms with van der Waals surface area (Å²) in [6, 6.07) is 57.0. The molecule has 0 spiro atoms. The number of hydrogen-bond acceptors (Lipinski definition) is 6. The van der Waals surface area contributed by atoms with E-state index in [1.165, 1.54) is 14.7 Å². The summed E-state index contributed by atoms with van der Waals surface area (Å²) in [6.45, 7) is 2.07. The van der Waals surface area contributed by atoms with Crippen molar-refractivity contribution in [2.45, 2.75) is 39.3 Å². The van der Waals surface area contributed by atoms with Crippen molar-refractivity contribution in [3.05, 3.63) is 215 Å². The van der Waals surface area contributed by atoms with Crippen LogP contribution in [0.1, 0.15) is 33.4 Å². The molecule has 55 heavy (non-hydrogen) atoms. The maximum atomic E-state index is 11.1. The summed E-state index contributed by atoms with van der Waals surface area (Å²) in [5.41, 5.74) is 5.74. The van der Waals surface area contributed by atoms with Gasteiger partial charge < -0.3 is 44.4 Å². The van der Waals surface area contributed by atoms with Crippen molar-refractivity contribution in [2.75, 3.05) is 0 Å². The number of hydrogen-bond donors (Lipinski definition) is 0. The minimum absolute atomic E-state index is 0. The Balaban J connectivity index is 0.000000220. The molecule has 0 heterocycles. The summed E-state index contributed by atoms with van der Waals surface area (Å²) in [5.74, 6) is 0. The largest absolute Gasteiger partial charge is 3.00 e. The van der Waals surface area contributed by atoms with Crippen LogP contribution in [0, 0.1) is 0 Å². The molecule has 9 nitrogen and oxygen atoms in total. The fourth-order valence-corrected chi connectivity index (χ4v) is 5.38. The second-order valence-corrected chi connectivity index (χ2v) is 12.3. The Hall–Kier alpha value is -6.36. The maximum absolute atomic E-state index is 11.1. The van der Waals surface area contributed by atoms with Gasteiger partial charge in [-0.05, 0) is 33.4 Å². The third kappa shape index (κ3) is 16.5. The van der Waals surface area contributed by atoms with Gasteiger partial charge in [0.25, 0.3) is 0 Å². The molecular formula is C45H42CoN3O6. The molecule has 0 atom stereocenters. The topological polar surface area (TPSA) is 130 Å². The molecule has 0 saturated heterocycles. The summed E-state index contributed by atoms with van der Waals surface area (Å²) in [6.07, 6.45) is -3.45. The molecule has 0 aromatic heterocycles. The van der Waals surface area contributed by atoms with Crippen molar-refractivity contribution in [3.8, 4) is 0 Å². The van der Waals surface area contributed by atoms with Crippen molar-refractivity contribution in [1.82, 2.24) is 14.7 Å². The fourth-order valence-electron chi connectivity index (χ4n) is 5.38. The van der Waals surface area contributed by atoms with Gasteiger partial charge in [0.05, 0.1) is 0 Å². The van der Waals surface area contributed by atoms with Gasteiger partial charge in [-0.15, -0.1) is 0 Å². The predicted octanol–water partition coefficient (Wildman–Crippen LogP) is 6.09. The van der Waals surface area contributed by atoms with E-state index in [1.807, 2.05) is 182 Å². The van der Waals surface area contributed by atoms with Gasteiger partial charge in [-0.3, -0.25) is 0 Å². The minimum atomic E-state index is -1.15. The van der Waals surface area contributed by atoms with E-state index in [1.54, 1.807) is 0 Å². The molecule has 0 bridgehead atoms. The molecule has 0 aliphatic heterocycles. The van der Waals surface area contributed by atoms with Crippen LogP contribution in [-0.2, 0) is 56.0 Å². The van der Waals surface area contributed by atoms with Gasteiger partial charge in [-0.1, -0.05) is 182 Å². The number of benzene rings is 6. The Labute approximate surface area is 332 Å². The molecule has 0 aliphatic carbocycles. The number of amides is 3. The van der Waals surface area contributed by atoms with Gasteiger partial charge in [0.2, 0.25) is 0 Å². The van der Waals surface area contributed by atoms with E-state index in [2.05, 4.69) is 0 Å². The Kier molecular flexibility index (Phi) is 18.8. The molecule has 282 valence electrons. The fraction of sp³-hybridized carbons (Fsp3) is 0.133. The summed E-state index contributed by atoms with van der Waals surface area (Å²) in [7, 11) is 0. The molecule has 0 saturated carbocycles. The zero-order valence-corrected chi connectivity index (χ0v) is 31.2. The van der Waals surface area contributed by atoms with E-state index in [0.717, 1.165) is 33.4 Å². The van der Waals surface area contributed by atoms with Crippen LogP contribution in [-0.4, -0.2) is 33.0 Å². The molecule has 0 N–H and O–H groups in total. The van der Waals surface area contributed by atoms with E-state index >= 15 is 0 Å². The molecule has 0 unspecified atom stereocenters. The first-order valence-electron chi connectivity index (χ1n) is 17.4. The molecule has 0 fully saturated rings. The third-order valence-electron chi connectivity index (χ3n) is 8.07. The van der Waals surface area contributed by atoms with Crippen LogP contribution in [0.15, 0.2) is 182 Å². The van der Waals surface area contributed by atoms with E-state index in [-0.39, 0.29) is 16.8 Å². The molecule has 0 radical (unpaired) electrons. The van der Waals surface area contributed by atoms with Gasteiger partial charge in [0.15, 0.2) is 0 Å². The van der Waals surface area contributed by atoms with Gasteiger partial charge in [0, 0.05) is 39.3 Å². The summed E-state index contributed by atoms with van der Waals surface area (Å²) < 4.78 is 0. The molecule has 6 aromatic rings. The first-order chi connectivity index (χ1) is 26.3. The van der Waals surface area contributed by atoms with Crippen molar-refractivity contribution in [3.63, 3.8) is 0 Å². The third-order valence-corrected chi connectivity index (χ3v) is 8.07. The SMILES string of the molecule is O=C([O-])N(Cc1ccccc1)Cc1ccccc1.O=C([O-])N(Cc1ccccc1)Cc1ccccc1.O=C([O-])N(Cc1ccccc1)Cc1ccccc1.[Co+3]. The number of carbonyl (C=O) groups is 3. The number of nitrogens with zero attached hydrogens (tertiary/aromatic N) is 3. The Morgan fingerprint density at radius 3 is 0.527 bits per heavy atom. The van der Waals surface area contributed by atoms with Crippen molar-refractivity contribution in [2.24, 2.45) is 0 Å². The van der Waals surface area contributed by atoms with Crippen LogP contribution >= 0.6 is 0 Å².